The SMILES string of the molecule is CC1CCCC2C1NC1NNC(C(=O)O)C12. The van der Waals surface area contributed by atoms with Gasteiger partial charge in [0.15, 0.2) is 0 Å². The standard InChI is InChI=1S/C11H19N3O2/c1-5-3-2-4-6-7-9(11(15)16)13-14-10(7)12-8(5)6/h5-10,12-14H,2-4H2,1H3,(H,15,16). The number of hydrazine groups is 1. The molecule has 0 amide bonds. The van der Waals surface area contributed by atoms with E-state index in [9.17, 15) is 9.90 Å². The second-order valence-corrected chi connectivity index (χ2v) is 5.42. The summed E-state index contributed by atoms with van der Waals surface area (Å²) in [6, 6.07) is 0.0676. The lowest BCUT2D eigenvalue weighted by Gasteiger charge is -2.34. The Morgan fingerprint density at radius 1 is 1.31 bits per heavy atom. The number of hydrogen-bond donors (Lipinski definition) is 4. The molecule has 5 nitrogen and oxygen atoms in total. The molecule has 90 valence electrons. The van der Waals surface area contributed by atoms with Crippen LogP contribution in [0.15, 0.2) is 0 Å². The van der Waals surface area contributed by atoms with Crippen molar-refractivity contribution in [2.75, 3.05) is 0 Å². The molecule has 0 spiro atoms. The zero-order chi connectivity index (χ0) is 11.3. The molecule has 0 radical (unpaired) electrons. The zero-order valence-corrected chi connectivity index (χ0v) is 9.44. The van der Waals surface area contributed by atoms with E-state index in [1.54, 1.807) is 0 Å². The van der Waals surface area contributed by atoms with Gasteiger partial charge in [-0.05, 0) is 24.7 Å². The highest BCUT2D eigenvalue weighted by atomic mass is 16.4. The molecular weight excluding hydrogens is 206 g/mol. The quantitative estimate of drug-likeness (QED) is 0.501. The number of carboxylic acids is 1. The summed E-state index contributed by atoms with van der Waals surface area (Å²) in [6.45, 7) is 2.27. The van der Waals surface area contributed by atoms with Gasteiger partial charge >= 0.3 is 5.97 Å². The van der Waals surface area contributed by atoms with Crippen molar-refractivity contribution in [1.82, 2.24) is 16.2 Å². The van der Waals surface area contributed by atoms with Crippen LogP contribution in [-0.4, -0.2) is 29.3 Å². The van der Waals surface area contributed by atoms with Crippen molar-refractivity contribution < 1.29 is 9.90 Å². The topological polar surface area (TPSA) is 73.4 Å². The molecule has 0 aromatic carbocycles. The smallest absolute Gasteiger partial charge is 0.322 e. The van der Waals surface area contributed by atoms with Gasteiger partial charge in [0.1, 0.15) is 6.04 Å². The minimum absolute atomic E-state index is 0.136. The predicted octanol–water partition coefficient (Wildman–Crippen LogP) is -0.102. The third-order valence-corrected chi connectivity index (χ3v) is 4.57. The van der Waals surface area contributed by atoms with Gasteiger partial charge in [-0.25, -0.2) is 10.9 Å². The van der Waals surface area contributed by atoms with E-state index in [0.29, 0.717) is 17.9 Å². The van der Waals surface area contributed by atoms with Gasteiger partial charge in [-0.2, -0.15) is 0 Å². The van der Waals surface area contributed by atoms with Crippen LogP contribution in [0.2, 0.25) is 0 Å². The molecule has 3 fully saturated rings. The molecule has 1 saturated carbocycles. The van der Waals surface area contributed by atoms with Crippen LogP contribution >= 0.6 is 0 Å². The molecule has 0 aromatic rings. The van der Waals surface area contributed by atoms with Crippen molar-refractivity contribution in [2.45, 2.75) is 44.4 Å². The van der Waals surface area contributed by atoms with Gasteiger partial charge in [0.25, 0.3) is 0 Å². The Labute approximate surface area is 94.9 Å². The second kappa shape index (κ2) is 3.68. The number of rotatable bonds is 1. The summed E-state index contributed by atoms with van der Waals surface area (Å²) in [4.78, 5) is 11.2. The van der Waals surface area contributed by atoms with Crippen LogP contribution in [-0.2, 0) is 4.79 Å². The molecule has 4 N–H and O–H groups in total. The maximum atomic E-state index is 11.2. The minimum atomic E-state index is -0.735. The van der Waals surface area contributed by atoms with Crippen molar-refractivity contribution in [1.29, 1.82) is 0 Å². The lowest BCUT2D eigenvalue weighted by molar-refractivity contribution is -0.140. The van der Waals surface area contributed by atoms with E-state index >= 15 is 0 Å². The molecule has 1 aliphatic carbocycles. The third-order valence-electron chi connectivity index (χ3n) is 4.57. The van der Waals surface area contributed by atoms with Gasteiger partial charge in [0, 0.05) is 12.0 Å². The van der Waals surface area contributed by atoms with Crippen LogP contribution in [0.25, 0.3) is 0 Å². The normalized spacial score (nSPS) is 51.1. The summed E-state index contributed by atoms with van der Waals surface area (Å²) in [5, 5.41) is 12.7. The fraction of sp³-hybridized carbons (Fsp3) is 0.909. The number of nitrogens with one attached hydrogen (secondary N) is 3. The zero-order valence-electron chi connectivity index (χ0n) is 9.44. The number of fused-ring (bicyclic) bond motifs is 3. The van der Waals surface area contributed by atoms with Crippen molar-refractivity contribution in [3.63, 3.8) is 0 Å². The monoisotopic (exact) mass is 225 g/mol. The summed E-state index contributed by atoms with van der Waals surface area (Å²) in [5.74, 6) is 0.642. The van der Waals surface area contributed by atoms with Crippen LogP contribution in [0.4, 0.5) is 0 Å². The van der Waals surface area contributed by atoms with Crippen LogP contribution in [0.5, 0.6) is 0 Å². The highest BCUT2D eigenvalue weighted by Crippen LogP contribution is 2.42. The molecule has 2 heterocycles. The molecule has 3 aliphatic rings. The number of carbonyl (C=O) groups is 1. The van der Waals surface area contributed by atoms with Gasteiger partial charge in [0.2, 0.25) is 0 Å². The van der Waals surface area contributed by atoms with E-state index in [1.807, 2.05) is 0 Å². The molecule has 2 saturated heterocycles. The fourth-order valence-corrected chi connectivity index (χ4v) is 3.82. The Morgan fingerprint density at radius 2 is 2.12 bits per heavy atom. The van der Waals surface area contributed by atoms with Gasteiger partial charge in [0.05, 0.1) is 6.17 Å². The van der Waals surface area contributed by atoms with E-state index < -0.39 is 12.0 Å². The lowest BCUT2D eigenvalue weighted by Crippen LogP contribution is -2.48. The van der Waals surface area contributed by atoms with Crippen molar-refractivity contribution >= 4 is 5.97 Å². The van der Waals surface area contributed by atoms with E-state index in [-0.39, 0.29) is 12.1 Å². The van der Waals surface area contributed by atoms with Crippen molar-refractivity contribution in [2.24, 2.45) is 17.8 Å². The molecular formula is C11H19N3O2. The first kappa shape index (κ1) is 10.5. The molecule has 5 heteroatoms. The molecule has 0 aromatic heterocycles. The minimum Gasteiger partial charge on any atom is -0.480 e. The molecule has 2 aliphatic heterocycles. The largest absolute Gasteiger partial charge is 0.480 e. The third kappa shape index (κ3) is 1.38. The summed E-state index contributed by atoms with van der Waals surface area (Å²) in [5.41, 5.74) is 5.98. The first-order valence-corrected chi connectivity index (χ1v) is 6.18. The van der Waals surface area contributed by atoms with E-state index in [0.717, 1.165) is 6.42 Å². The summed E-state index contributed by atoms with van der Waals surface area (Å²) < 4.78 is 0. The number of aliphatic carboxylic acids is 1. The molecule has 16 heavy (non-hydrogen) atoms. The fourth-order valence-electron chi connectivity index (χ4n) is 3.82. The number of hydrogen-bond acceptors (Lipinski definition) is 4. The first-order valence-electron chi connectivity index (χ1n) is 6.18. The van der Waals surface area contributed by atoms with Crippen LogP contribution in [0.3, 0.4) is 0 Å². The van der Waals surface area contributed by atoms with Gasteiger partial charge in [-0.1, -0.05) is 13.3 Å². The summed E-state index contributed by atoms with van der Waals surface area (Å²) >= 11 is 0. The summed E-state index contributed by atoms with van der Waals surface area (Å²) in [6.07, 6.45) is 3.80. The maximum absolute atomic E-state index is 11.2. The van der Waals surface area contributed by atoms with Crippen LogP contribution in [0, 0.1) is 17.8 Å². The lowest BCUT2D eigenvalue weighted by atomic mass is 9.73. The average Bonchev–Trinajstić information content (AvgIpc) is 2.77. The Bertz CT molecular complexity index is 310. The van der Waals surface area contributed by atoms with Gasteiger partial charge in [-0.15, -0.1) is 0 Å². The van der Waals surface area contributed by atoms with E-state index in [4.69, 9.17) is 0 Å². The molecule has 6 unspecified atom stereocenters. The average molecular weight is 225 g/mol. The Hall–Kier alpha value is -0.650. The van der Waals surface area contributed by atoms with Crippen molar-refractivity contribution in [3.05, 3.63) is 0 Å². The number of carboxylic acid groups (broad SMARTS) is 1. The highest BCUT2D eigenvalue weighted by Gasteiger charge is 2.54. The van der Waals surface area contributed by atoms with Crippen LogP contribution < -0.4 is 16.2 Å². The molecule has 3 rings (SSSR count). The Kier molecular flexibility index (Phi) is 2.42. The highest BCUT2D eigenvalue weighted by molar-refractivity contribution is 5.74. The first-order chi connectivity index (χ1) is 7.68. The summed E-state index contributed by atoms with van der Waals surface area (Å²) in [7, 11) is 0. The predicted molar refractivity (Wildman–Crippen MR) is 58.4 cm³/mol. The second-order valence-electron chi connectivity index (χ2n) is 5.42. The van der Waals surface area contributed by atoms with Crippen molar-refractivity contribution in [3.8, 4) is 0 Å². The van der Waals surface area contributed by atoms with E-state index in [1.165, 1.54) is 12.8 Å². The van der Waals surface area contributed by atoms with Gasteiger partial charge < -0.3 is 5.11 Å². The molecule has 0 bridgehead atoms. The molecule has 6 atom stereocenters. The Morgan fingerprint density at radius 3 is 2.88 bits per heavy atom. The van der Waals surface area contributed by atoms with Crippen LogP contribution in [0.1, 0.15) is 26.2 Å². The van der Waals surface area contributed by atoms with Gasteiger partial charge in [-0.3, -0.25) is 10.1 Å². The Balaban J connectivity index is 1.84. The maximum Gasteiger partial charge on any atom is 0.322 e. The van der Waals surface area contributed by atoms with E-state index in [2.05, 4.69) is 23.1 Å².